The summed E-state index contributed by atoms with van der Waals surface area (Å²) in [7, 11) is 1.25. The molecular formula is C13H20ClNO5. The van der Waals surface area contributed by atoms with Crippen molar-refractivity contribution < 1.29 is 23.8 Å². The summed E-state index contributed by atoms with van der Waals surface area (Å²) in [6, 6.07) is 0. The van der Waals surface area contributed by atoms with Crippen LogP contribution >= 0.6 is 12.4 Å². The molecule has 2 bridgehead atoms. The molecule has 7 heteroatoms. The number of rotatable bonds is 5. The third kappa shape index (κ3) is 5.11. The van der Waals surface area contributed by atoms with Crippen LogP contribution in [0.2, 0.25) is 0 Å². The minimum Gasteiger partial charge on any atom is -0.466 e. The maximum absolute atomic E-state index is 11.3. The molecule has 2 rings (SSSR count). The number of esters is 2. The highest BCUT2D eigenvalue weighted by molar-refractivity contribution is 5.91. The highest BCUT2D eigenvalue weighted by atomic mass is 35.5. The van der Waals surface area contributed by atoms with Crippen LogP contribution in [0.15, 0.2) is 12.2 Å². The van der Waals surface area contributed by atoms with Gasteiger partial charge >= 0.3 is 11.9 Å². The summed E-state index contributed by atoms with van der Waals surface area (Å²) < 4.78 is 15.1. The topological polar surface area (TPSA) is 65.1 Å². The zero-order chi connectivity index (χ0) is 13.7. The van der Waals surface area contributed by atoms with Crippen molar-refractivity contribution in [2.45, 2.75) is 25.0 Å². The number of morpholine rings is 1. The van der Waals surface area contributed by atoms with Crippen LogP contribution < -0.4 is 0 Å². The fourth-order valence-corrected chi connectivity index (χ4v) is 2.41. The van der Waals surface area contributed by atoms with Crippen molar-refractivity contribution in [1.82, 2.24) is 4.90 Å². The molecule has 2 fully saturated rings. The van der Waals surface area contributed by atoms with Crippen LogP contribution in [0.4, 0.5) is 0 Å². The highest BCUT2D eigenvalue weighted by Crippen LogP contribution is 2.25. The van der Waals surface area contributed by atoms with Crippen molar-refractivity contribution in [1.29, 1.82) is 0 Å². The fourth-order valence-electron chi connectivity index (χ4n) is 2.41. The first-order valence-electron chi connectivity index (χ1n) is 6.48. The molecule has 6 nitrogen and oxygen atoms in total. The van der Waals surface area contributed by atoms with E-state index in [1.165, 1.54) is 7.11 Å². The molecule has 2 heterocycles. The number of ether oxygens (including phenoxy) is 3. The van der Waals surface area contributed by atoms with E-state index in [0.29, 0.717) is 25.4 Å². The van der Waals surface area contributed by atoms with Crippen molar-refractivity contribution in [2.24, 2.45) is 0 Å². The van der Waals surface area contributed by atoms with E-state index >= 15 is 0 Å². The molecule has 0 aromatic rings. The number of likely N-dealkylation sites (tertiary alicyclic amines) is 1. The lowest BCUT2D eigenvalue weighted by molar-refractivity contribution is -0.140. The standard InChI is InChI=1S/C13H19NO5.ClH/c1-17-12(15)4-5-13(16)18-7-6-14-8-10-2-3-11(9-14)19-10;/h4-5,10-11H,2-3,6-9H2,1H3;1H. The minimum atomic E-state index is -0.568. The van der Waals surface area contributed by atoms with E-state index < -0.39 is 11.9 Å². The number of methoxy groups -OCH3 is 1. The van der Waals surface area contributed by atoms with Gasteiger partial charge < -0.3 is 14.2 Å². The Kier molecular flexibility index (Phi) is 6.98. The zero-order valence-corrected chi connectivity index (χ0v) is 12.3. The summed E-state index contributed by atoms with van der Waals surface area (Å²) in [5, 5.41) is 0. The van der Waals surface area contributed by atoms with Crippen molar-refractivity contribution in [3.63, 3.8) is 0 Å². The van der Waals surface area contributed by atoms with E-state index in [-0.39, 0.29) is 12.4 Å². The number of halogens is 1. The second-order valence-corrected chi connectivity index (χ2v) is 4.74. The Bertz CT molecular complexity index is 362. The van der Waals surface area contributed by atoms with Crippen LogP contribution in [0, 0.1) is 0 Å². The van der Waals surface area contributed by atoms with Gasteiger partial charge in [0.2, 0.25) is 0 Å². The number of fused-ring (bicyclic) bond motifs is 2. The van der Waals surface area contributed by atoms with Crippen LogP contribution in [0.1, 0.15) is 12.8 Å². The molecule has 0 radical (unpaired) electrons. The van der Waals surface area contributed by atoms with E-state index in [4.69, 9.17) is 9.47 Å². The third-order valence-corrected chi connectivity index (χ3v) is 3.33. The van der Waals surface area contributed by atoms with Gasteiger partial charge in [0.15, 0.2) is 0 Å². The van der Waals surface area contributed by atoms with Gasteiger partial charge in [-0.15, -0.1) is 12.4 Å². The smallest absolute Gasteiger partial charge is 0.331 e. The largest absolute Gasteiger partial charge is 0.466 e. The SMILES string of the molecule is COC(=O)C=CC(=O)OCCN1CC2CCC(C1)O2.Cl. The average Bonchev–Trinajstić information content (AvgIpc) is 2.75. The second-order valence-electron chi connectivity index (χ2n) is 4.74. The Morgan fingerprint density at radius 1 is 1.20 bits per heavy atom. The van der Waals surface area contributed by atoms with E-state index in [1.807, 2.05) is 0 Å². The zero-order valence-electron chi connectivity index (χ0n) is 11.4. The molecule has 114 valence electrons. The van der Waals surface area contributed by atoms with Crippen LogP contribution in [-0.2, 0) is 23.8 Å². The Balaban J connectivity index is 0.00000200. The van der Waals surface area contributed by atoms with Crippen LogP contribution in [0.3, 0.4) is 0 Å². The molecule has 0 aromatic carbocycles. The molecule has 2 unspecified atom stereocenters. The van der Waals surface area contributed by atoms with Crippen molar-refractivity contribution in [3.8, 4) is 0 Å². The van der Waals surface area contributed by atoms with Crippen LogP contribution in [-0.4, -0.2) is 62.4 Å². The van der Waals surface area contributed by atoms with Gasteiger partial charge in [-0.05, 0) is 12.8 Å². The predicted octanol–water partition coefficient (Wildman–Crippen LogP) is 0.544. The molecule has 0 saturated carbocycles. The first-order chi connectivity index (χ1) is 9.17. The van der Waals surface area contributed by atoms with Gasteiger partial charge in [0.25, 0.3) is 0 Å². The molecule has 0 spiro atoms. The molecule has 2 aliphatic rings. The summed E-state index contributed by atoms with van der Waals surface area (Å²) >= 11 is 0. The lowest BCUT2D eigenvalue weighted by Crippen LogP contribution is -2.44. The first-order valence-corrected chi connectivity index (χ1v) is 6.48. The maximum atomic E-state index is 11.3. The number of hydrogen-bond acceptors (Lipinski definition) is 6. The van der Waals surface area contributed by atoms with Gasteiger partial charge in [0.1, 0.15) is 6.61 Å². The summed E-state index contributed by atoms with van der Waals surface area (Å²) in [6.07, 6.45) is 5.07. The third-order valence-electron chi connectivity index (χ3n) is 3.33. The molecule has 0 aliphatic carbocycles. The van der Waals surface area contributed by atoms with E-state index in [1.54, 1.807) is 0 Å². The van der Waals surface area contributed by atoms with Crippen molar-refractivity contribution in [2.75, 3.05) is 33.4 Å². The lowest BCUT2D eigenvalue weighted by atomic mass is 10.2. The van der Waals surface area contributed by atoms with E-state index in [9.17, 15) is 9.59 Å². The van der Waals surface area contributed by atoms with Gasteiger partial charge in [-0.2, -0.15) is 0 Å². The normalized spacial score (nSPS) is 25.2. The predicted molar refractivity (Wildman–Crippen MR) is 73.7 cm³/mol. The van der Waals surface area contributed by atoms with Gasteiger partial charge in [-0.25, -0.2) is 9.59 Å². The number of hydrogen-bond donors (Lipinski definition) is 0. The average molecular weight is 306 g/mol. The molecule has 2 saturated heterocycles. The van der Waals surface area contributed by atoms with E-state index in [2.05, 4.69) is 9.64 Å². The maximum Gasteiger partial charge on any atom is 0.331 e. The van der Waals surface area contributed by atoms with Gasteiger partial charge in [-0.1, -0.05) is 0 Å². The summed E-state index contributed by atoms with van der Waals surface area (Å²) in [5.41, 5.74) is 0. The minimum absolute atomic E-state index is 0. The number of carbonyl (C=O) groups is 2. The molecule has 0 N–H and O–H groups in total. The quantitative estimate of drug-likeness (QED) is 0.546. The number of nitrogens with zero attached hydrogens (tertiary/aromatic N) is 1. The summed E-state index contributed by atoms with van der Waals surface area (Å²) in [5.74, 6) is -1.09. The molecule has 2 atom stereocenters. The molecule has 2 aliphatic heterocycles. The first kappa shape index (κ1) is 16.9. The second kappa shape index (κ2) is 8.24. The summed E-state index contributed by atoms with van der Waals surface area (Å²) in [4.78, 5) is 24.3. The van der Waals surface area contributed by atoms with Gasteiger partial charge in [0.05, 0.1) is 19.3 Å². The Morgan fingerprint density at radius 2 is 1.80 bits per heavy atom. The molecule has 20 heavy (non-hydrogen) atoms. The van der Waals surface area contributed by atoms with Gasteiger partial charge in [0, 0.05) is 31.8 Å². The molecule has 0 amide bonds. The highest BCUT2D eigenvalue weighted by Gasteiger charge is 2.33. The van der Waals surface area contributed by atoms with Crippen molar-refractivity contribution >= 4 is 24.3 Å². The van der Waals surface area contributed by atoms with Crippen molar-refractivity contribution in [3.05, 3.63) is 12.2 Å². The van der Waals surface area contributed by atoms with Crippen LogP contribution in [0.5, 0.6) is 0 Å². The van der Waals surface area contributed by atoms with E-state index in [0.717, 1.165) is 38.1 Å². The lowest BCUT2D eigenvalue weighted by Gasteiger charge is -2.31. The molecule has 0 aromatic heterocycles. The molecular weight excluding hydrogens is 286 g/mol. The summed E-state index contributed by atoms with van der Waals surface area (Å²) in [6.45, 7) is 2.84. The Morgan fingerprint density at radius 3 is 2.40 bits per heavy atom. The monoisotopic (exact) mass is 305 g/mol. The number of carbonyl (C=O) groups excluding carboxylic acids is 2. The van der Waals surface area contributed by atoms with Gasteiger partial charge in [-0.3, -0.25) is 4.90 Å². The Hall–Kier alpha value is -1.11. The Labute approximate surface area is 124 Å². The van der Waals surface area contributed by atoms with Crippen LogP contribution in [0.25, 0.3) is 0 Å². The fraction of sp³-hybridized carbons (Fsp3) is 0.692.